The van der Waals surface area contributed by atoms with Crippen molar-refractivity contribution in [1.29, 1.82) is 5.26 Å². The van der Waals surface area contributed by atoms with Crippen molar-refractivity contribution >= 4 is 17.7 Å². The summed E-state index contributed by atoms with van der Waals surface area (Å²) in [5.74, 6) is 0.880. The number of hydrogen-bond acceptors (Lipinski definition) is 4. The van der Waals surface area contributed by atoms with E-state index in [2.05, 4.69) is 0 Å². The van der Waals surface area contributed by atoms with E-state index in [0.717, 1.165) is 22.4 Å². The first-order valence-corrected chi connectivity index (χ1v) is 8.17. The van der Waals surface area contributed by atoms with Crippen LogP contribution in [0.1, 0.15) is 16.7 Å². The Balaban J connectivity index is 2.17. The van der Waals surface area contributed by atoms with Gasteiger partial charge in [0.05, 0.1) is 7.11 Å². The van der Waals surface area contributed by atoms with Crippen LogP contribution in [0.25, 0.3) is 6.08 Å². The fourth-order valence-corrected chi connectivity index (χ4v) is 2.50. The molecule has 5 nitrogen and oxygen atoms in total. The number of rotatable bonds is 6. The summed E-state index contributed by atoms with van der Waals surface area (Å²) < 4.78 is 10.6. The fraction of sp³-hybridized carbons (Fsp3) is 0.238. The average molecular weight is 350 g/mol. The third kappa shape index (κ3) is 4.64. The highest BCUT2D eigenvalue weighted by atomic mass is 16.5. The molecule has 0 atom stereocenters. The maximum Gasteiger partial charge on any atom is 0.250 e. The van der Waals surface area contributed by atoms with Crippen LogP contribution in [0.15, 0.2) is 42.5 Å². The zero-order valence-corrected chi connectivity index (χ0v) is 15.4. The molecule has 2 aromatic rings. The van der Waals surface area contributed by atoms with E-state index in [1.54, 1.807) is 36.2 Å². The van der Waals surface area contributed by atoms with Crippen molar-refractivity contribution < 1.29 is 14.3 Å². The van der Waals surface area contributed by atoms with Crippen molar-refractivity contribution in [3.05, 3.63) is 59.2 Å². The van der Waals surface area contributed by atoms with E-state index in [0.29, 0.717) is 11.5 Å². The Morgan fingerprint density at radius 1 is 1.19 bits per heavy atom. The van der Waals surface area contributed by atoms with Crippen molar-refractivity contribution in [3.63, 3.8) is 0 Å². The molecule has 0 N–H and O–H groups in total. The van der Waals surface area contributed by atoms with Gasteiger partial charge >= 0.3 is 0 Å². The number of carbonyl (C=O) groups is 1. The molecule has 0 unspecified atom stereocenters. The van der Waals surface area contributed by atoms with Gasteiger partial charge in [-0.3, -0.25) is 4.79 Å². The highest BCUT2D eigenvalue weighted by Crippen LogP contribution is 2.28. The molecular weight excluding hydrogens is 328 g/mol. The number of carbonyl (C=O) groups excluding carboxylic acids is 1. The van der Waals surface area contributed by atoms with E-state index < -0.39 is 0 Å². The van der Waals surface area contributed by atoms with E-state index in [1.165, 1.54) is 13.2 Å². The van der Waals surface area contributed by atoms with Gasteiger partial charge in [-0.2, -0.15) is 5.26 Å². The Hall–Kier alpha value is -3.26. The second-order valence-corrected chi connectivity index (χ2v) is 5.88. The first kappa shape index (κ1) is 19.1. The van der Waals surface area contributed by atoms with Crippen LogP contribution in [0, 0.1) is 25.2 Å². The van der Waals surface area contributed by atoms with Gasteiger partial charge in [-0.15, -0.1) is 0 Å². The summed E-state index contributed by atoms with van der Waals surface area (Å²) in [6.07, 6.45) is 3.24. The van der Waals surface area contributed by atoms with Crippen molar-refractivity contribution in [1.82, 2.24) is 0 Å². The number of nitriles is 1. The number of methoxy groups -OCH3 is 1. The second-order valence-electron chi connectivity index (χ2n) is 5.88. The molecule has 0 aliphatic rings. The molecular formula is C21H22N2O3. The van der Waals surface area contributed by atoms with Crippen LogP contribution in [0.5, 0.6) is 11.5 Å². The monoisotopic (exact) mass is 350 g/mol. The minimum atomic E-state index is -0.123. The highest BCUT2D eigenvalue weighted by molar-refractivity contribution is 6.03. The Morgan fingerprint density at radius 2 is 1.96 bits per heavy atom. The summed E-state index contributed by atoms with van der Waals surface area (Å²) in [7, 11) is 3.29. The number of ether oxygens (including phenoxy) is 2. The molecule has 0 saturated heterocycles. The molecule has 0 aliphatic heterocycles. The number of nitrogens with zero attached hydrogens (tertiary/aromatic N) is 2. The quantitative estimate of drug-likeness (QED) is 0.742. The molecule has 2 aromatic carbocycles. The molecule has 1 amide bonds. The molecule has 134 valence electrons. The molecule has 5 heteroatoms. The van der Waals surface area contributed by atoms with Crippen LogP contribution in [0.4, 0.5) is 5.69 Å². The standard InChI is InChI=1S/C21H22N2O3/c1-15-5-6-16(2)18(13-15)23(3)21(24)10-8-17-7-9-19(26-12-11-22)20(14-17)25-4/h5-10,13-14H,12H2,1-4H3. The maximum atomic E-state index is 12.5. The van der Waals surface area contributed by atoms with Gasteiger partial charge in [0.25, 0.3) is 5.91 Å². The van der Waals surface area contributed by atoms with E-state index in [-0.39, 0.29) is 12.5 Å². The lowest BCUT2D eigenvalue weighted by Gasteiger charge is -2.18. The van der Waals surface area contributed by atoms with E-state index >= 15 is 0 Å². The predicted molar refractivity (Wildman–Crippen MR) is 102 cm³/mol. The molecule has 0 bridgehead atoms. The van der Waals surface area contributed by atoms with Crippen molar-refractivity contribution in [2.75, 3.05) is 25.7 Å². The largest absolute Gasteiger partial charge is 0.493 e. The lowest BCUT2D eigenvalue weighted by Crippen LogP contribution is -2.24. The Bertz CT molecular complexity index is 866. The van der Waals surface area contributed by atoms with Crippen LogP contribution in [-0.4, -0.2) is 26.7 Å². The molecule has 0 spiro atoms. The molecule has 0 aromatic heterocycles. The highest BCUT2D eigenvalue weighted by Gasteiger charge is 2.11. The minimum Gasteiger partial charge on any atom is -0.493 e. The van der Waals surface area contributed by atoms with Gasteiger partial charge in [-0.25, -0.2) is 0 Å². The Morgan fingerprint density at radius 3 is 2.65 bits per heavy atom. The van der Waals surface area contributed by atoms with Crippen LogP contribution < -0.4 is 14.4 Å². The van der Waals surface area contributed by atoms with Crippen LogP contribution in [-0.2, 0) is 4.79 Å². The Kier molecular flexibility index (Phi) is 6.40. The third-order valence-electron chi connectivity index (χ3n) is 3.95. The third-order valence-corrected chi connectivity index (χ3v) is 3.95. The number of aryl methyl sites for hydroxylation is 2. The first-order valence-electron chi connectivity index (χ1n) is 8.17. The summed E-state index contributed by atoms with van der Waals surface area (Å²) in [6, 6.07) is 13.2. The average Bonchev–Trinajstić information content (AvgIpc) is 2.65. The number of amides is 1. The molecule has 0 fully saturated rings. The van der Waals surface area contributed by atoms with Crippen LogP contribution >= 0.6 is 0 Å². The summed E-state index contributed by atoms with van der Waals surface area (Å²) in [4.78, 5) is 14.1. The lowest BCUT2D eigenvalue weighted by atomic mass is 10.1. The molecule has 0 heterocycles. The molecule has 2 rings (SSSR count). The van der Waals surface area contributed by atoms with E-state index in [4.69, 9.17) is 14.7 Å². The van der Waals surface area contributed by atoms with Crippen LogP contribution in [0.3, 0.4) is 0 Å². The first-order chi connectivity index (χ1) is 12.5. The van der Waals surface area contributed by atoms with Gasteiger partial charge < -0.3 is 14.4 Å². The van der Waals surface area contributed by atoms with E-state index in [1.807, 2.05) is 38.1 Å². The summed E-state index contributed by atoms with van der Waals surface area (Å²) in [5.41, 5.74) is 3.83. The van der Waals surface area contributed by atoms with Crippen molar-refractivity contribution in [3.8, 4) is 17.6 Å². The van der Waals surface area contributed by atoms with Gasteiger partial charge in [0.2, 0.25) is 0 Å². The summed E-state index contributed by atoms with van der Waals surface area (Å²) in [6.45, 7) is 3.93. The number of hydrogen-bond donors (Lipinski definition) is 0. The zero-order valence-electron chi connectivity index (χ0n) is 15.4. The van der Waals surface area contributed by atoms with Gasteiger partial charge in [-0.1, -0.05) is 18.2 Å². The number of likely N-dealkylation sites (N-methyl/N-ethyl adjacent to an activating group) is 1. The second kappa shape index (κ2) is 8.72. The van der Waals surface area contributed by atoms with Gasteiger partial charge in [0.15, 0.2) is 18.1 Å². The zero-order chi connectivity index (χ0) is 19.1. The van der Waals surface area contributed by atoms with Gasteiger partial charge in [0, 0.05) is 18.8 Å². The van der Waals surface area contributed by atoms with Crippen molar-refractivity contribution in [2.24, 2.45) is 0 Å². The van der Waals surface area contributed by atoms with Crippen LogP contribution in [0.2, 0.25) is 0 Å². The Labute approximate surface area is 154 Å². The van der Waals surface area contributed by atoms with Gasteiger partial charge in [-0.05, 0) is 54.8 Å². The summed E-state index contributed by atoms with van der Waals surface area (Å²) >= 11 is 0. The number of anilines is 1. The molecule has 0 saturated carbocycles. The predicted octanol–water partition coefficient (Wildman–Crippen LogP) is 3.89. The molecule has 0 radical (unpaired) electrons. The normalized spacial score (nSPS) is 10.4. The topological polar surface area (TPSA) is 62.6 Å². The molecule has 0 aliphatic carbocycles. The lowest BCUT2D eigenvalue weighted by molar-refractivity contribution is -0.113. The SMILES string of the molecule is COc1cc(C=CC(=O)N(C)c2cc(C)ccc2C)ccc1OCC#N. The van der Waals surface area contributed by atoms with Crippen molar-refractivity contribution in [2.45, 2.75) is 13.8 Å². The summed E-state index contributed by atoms with van der Waals surface area (Å²) in [5, 5.41) is 8.60. The number of benzene rings is 2. The van der Waals surface area contributed by atoms with Gasteiger partial charge in [0.1, 0.15) is 6.07 Å². The maximum absolute atomic E-state index is 12.5. The smallest absolute Gasteiger partial charge is 0.250 e. The fourth-order valence-electron chi connectivity index (χ4n) is 2.50. The molecule has 26 heavy (non-hydrogen) atoms. The van der Waals surface area contributed by atoms with E-state index in [9.17, 15) is 4.79 Å². The minimum absolute atomic E-state index is 0.0509.